The molecule has 0 aliphatic rings. The molecule has 1 aromatic rings. The second kappa shape index (κ2) is 4.51. The zero-order valence-electron chi connectivity index (χ0n) is 10.2. The van der Waals surface area contributed by atoms with Crippen molar-refractivity contribution in [2.24, 2.45) is 0 Å². The van der Waals surface area contributed by atoms with Crippen molar-refractivity contribution >= 4 is 11.7 Å². The highest BCUT2D eigenvalue weighted by atomic mass is 16.6. The van der Waals surface area contributed by atoms with E-state index >= 15 is 0 Å². The van der Waals surface area contributed by atoms with Gasteiger partial charge in [0.2, 0.25) is 0 Å². The van der Waals surface area contributed by atoms with Crippen molar-refractivity contribution in [1.29, 1.82) is 0 Å². The van der Waals surface area contributed by atoms with Crippen LogP contribution in [0.3, 0.4) is 0 Å². The Morgan fingerprint density at radius 2 is 2.06 bits per heavy atom. The van der Waals surface area contributed by atoms with Crippen molar-refractivity contribution in [2.75, 3.05) is 5.73 Å². The van der Waals surface area contributed by atoms with Crippen molar-refractivity contribution in [2.45, 2.75) is 39.2 Å². The molecule has 0 aliphatic heterocycles. The average Bonchev–Trinajstić information content (AvgIpc) is 2.15. The van der Waals surface area contributed by atoms with Crippen molar-refractivity contribution < 1.29 is 9.53 Å². The van der Waals surface area contributed by atoms with Crippen LogP contribution in [-0.2, 0) is 9.53 Å². The maximum Gasteiger partial charge on any atom is 0.315 e. The molecule has 0 saturated heterocycles. The van der Waals surface area contributed by atoms with Gasteiger partial charge in [0, 0.05) is 0 Å². The molecule has 0 radical (unpaired) electrons. The number of hydrogen-bond donors (Lipinski definition) is 1. The fourth-order valence-electron chi connectivity index (χ4n) is 1.18. The van der Waals surface area contributed by atoms with Gasteiger partial charge in [-0.15, -0.1) is 0 Å². The second-order valence-corrected chi connectivity index (χ2v) is 4.77. The van der Waals surface area contributed by atoms with Gasteiger partial charge in [-0.3, -0.25) is 9.78 Å². The van der Waals surface area contributed by atoms with Crippen LogP contribution in [0.1, 0.15) is 39.3 Å². The first kappa shape index (κ1) is 12.5. The van der Waals surface area contributed by atoms with Gasteiger partial charge in [-0.05, 0) is 39.8 Å². The molecule has 1 atom stereocenters. The molecule has 4 heteroatoms. The first-order valence-corrected chi connectivity index (χ1v) is 5.24. The number of rotatable bonds is 2. The highest BCUT2D eigenvalue weighted by Gasteiger charge is 2.23. The van der Waals surface area contributed by atoms with E-state index in [1.54, 1.807) is 19.1 Å². The first-order valence-electron chi connectivity index (χ1n) is 5.24. The average molecular weight is 222 g/mol. The SMILES string of the molecule is CC(C(=O)OC(C)(C)C)c1ccc(N)cn1. The number of ether oxygens (including phenoxy) is 1. The fraction of sp³-hybridized carbons (Fsp3) is 0.500. The van der Waals surface area contributed by atoms with E-state index < -0.39 is 5.60 Å². The summed E-state index contributed by atoms with van der Waals surface area (Å²) in [6, 6.07) is 3.47. The first-order chi connectivity index (χ1) is 7.29. The van der Waals surface area contributed by atoms with E-state index in [1.807, 2.05) is 20.8 Å². The van der Waals surface area contributed by atoms with Gasteiger partial charge in [-0.25, -0.2) is 0 Å². The number of nitrogen functional groups attached to an aromatic ring is 1. The molecule has 0 aliphatic carbocycles. The molecule has 0 bridgehead atoms. The minimum Gasteiger partial charge on any atom is -0.459 e. The number of carbonyl (C=O) groups is 1. The van der Waals surface area contributed by atoms with Crippen molar-refractivity contribution in [3.8, 4) is 0 Å². The third-order valence-electron chi connectivity index (χ3n) is 2.01. The van der Waals surface area contributed by atoms with Crippen LogP contribution in [0.15, 0.2) is 18.3 Å². The van der Waals surface area contributed by atoms with Crippen LogP contribution in [0.5, 0.6) is 0 Å². The van der Waals surface area contributed by atoms with Crippen molar-refractivity contribution in [3.05, 3.63) is 24.0 Å². The number of hydrogen-bond acceptors (Lipinski definition) is 4. The zero-order valence-corrected chi connectivity index (χ0v) is 10.2. The molecule has 1 unspecified atom stereocenters. The van der Waals surface area contributed by atoms with E-state index in [1.165, 1.54) is 6.20 Å². The number of carbonyl (C=O) groups excluding carboxylic acids is 1. The monoisotopic (exact) mass is 222 g/mol. The lowest BCUT2D eigenvalue weighted by atomic mass is 10.1. The van der Waals surface area contributed by atoms with Crippen LogP contribution >= 0.6 is 0 Å². The Kier molecular flexibility index (Phi) is 3.52. The van der Waals surface area contributed by atoms with E-state index in [2.05, 4.69) is 4.98 Å². The minimum atomic E-state index is -0.473. The molecule has 0 amide bonds. The number of pyridine rings is 1. The van der Waals surface area contributed by atoms with Crippen molar-refractivity contribution in [3.63, 3.8) is 0 Å². The van der Waals surface area contributed by atoms with Gasteiger partial charge in [0.05, 0.1) is 23.5 Å². The summed E-state index contributed by atoms with van der Waals surface area (Å²) in [7, 11) is 0. The van der Waals surface area contributed by atoms with E-state index in [9.17, 15) is 4.79 Å². The van der Waals surface area contributed by atoms with Gasteiger partial charge < -0.3 is 10.5 Å². The molecule has 0 aromatic carbocycles. The van der Waals surface area contributed by atoms with E-state index in [0.717, 1.165) is 0 Å². The second-order valence-electron chi connectivity index (χ2n) is 4.77. The van der Waals surface area contributed by atoms with E-state index in [-0.39, 0.29) is 11.9 Å². The quantitative estimate of drug-likeness (QED) is 0.778. The largest absolute Gasteiger partial charge is 0.459 e. The van der Waals surface area contributed by atoms with Crippen molar-refractivity contribution in [1.82, 2.24) is 4.98 Å². The molecule has 88 valence electrons. The molecule has 1 heterocycles. The Bertz CT molecular complexity index is 366. The predicted molar refractivity (Wildman–Crippen MR) is 62.9 cm³/mol. The maximum absolute atomic E-state index is 11.8. The Morgan fingerprint density at radius 1 is 1.44 bits per heavy atom. The van der Waals surface area contributed by atoms with Crippen LogP contribution in [-0.4, -0.2) is 16.6 Å². The molecular weight excluding hydrogens is 204 g/mol. The summed E-state index contributed by atoms with van der Waals surface area (Å²) in [5.41, 5.74) is 6.31. The van der Waals surface area contributed by atoms with Crippen LogP contribution in [0.4, 0.5) is 5.69 Å². The molecule has 4 nitrogen and oxygen atoms in total. The Labute approximate surface area is 95.8 Å². The molecular formula is C12H18N2O2. The van der Waals surface area contributed by atoms with E-state index in [0.29, 0.717) is 11.4 Å². The number of esters is 1. The predicted octanol–water partition coefficient (Wildman–Crippen LogP) is 2.11. The van der Waals surface area contributed by atoms with Gasteiger partial charge in [-0.2, -0.15) is 0 Å². The maximum atomic E-state index is 11.8. The van der Waals surface area contributed by atoms with Gasteiger partial charge >= 0.3 is 5.97 Å². The Balaban J connectivity index is 2.74. The minimum absolute atomic E-state index is 0.273. The summed E-state index contributed by atoms with van der Waals surface area (Å²) < 4.78 is 5.27. The summed E-state index contributed by atoms with van der Waals surface area (Å²) in [6.45, 7) is 7.29. The Hall–Kier alpha value is -1.58. The Morgan fingerprint density at radius 3 is 2.50 bits per heavy atom. The highest BCUT2D eigenvalue weighted by molar-refractivity contribution is 5.77. The smallest absolute Gasteiger partial charge is 0.315 e. The van der Waals surface area contributed by atoms with Gasteiger partial charge in [0.1, 0.15) is 5.60 Å². The van der Waals surface area contributed by atoms with Crippen LogP contribution < -0.4 is 5.73 Å². The van der Waals surface area contributed by atoms with E-state index in [4.69, 9.17) is 10.5 Å². The summed E-state index contributed by atoms with van der Waals surface area (Å²) in [5, 5.41) is 0. The summed E-state index contributed by atoms with van der Waals surface area (Å²) >= 11 is 0. The topological polar surface area (TPSA) is 65.2 Å². The lowest BCUT2D eigenvalue weighted by Gasteiger charge is -2.22. The third-order valence-corrected chi connectivity index (χ3v) is 2.01. The summed E-state index contributed by atoms with van der Waals surface area (Å²) in [5.74, 6) is -0.649. The zero-order chi connectivity index (χ0) is 12.3. The molecule has 0 saturated carbocycles. The standard InChI is InChI=1S/C12H18N2O2/c1-8(11(15)16-12(2,3)4)10-6-5-9(13)7-14-10/h5-8H,13H2,1-4H3. The lowest BCUT2D eigenvalue weighted by molar-refractivity contribution is -0.156. The fourth-order valence-corrected chi connectivity index (χ4v) is 1.18. The molecule has 0 fully saturated rings. The molecule has 1 rings (SSSR count). The highest BCUT2D eigenvalue weighted by Crippen LogP contribution is 2.19. The van der Waals surface area contributed by atoms with Gasteiger partial charge in [0.15, 0.2) is 0 Å². The lowest BCUT2D eigenvalue weighted by Crippen LogP contribution is -2.27. The van der Waals surface area contributed by atoms with Gasteiger partial charge in [-0.1, -0.05) is 0 Å². The number of anilines is 1. The molecule has 16 heavy (non-hydrogen) atoms. The molecule has 1 aromatic heterocycles. The molecule has 0 spiro atoms. The number of nitrogens with two attached hydrogens (primary N) is 1. The molecule has 2 N–H and O–H groups in total. The summed E-state index contributed by atoms with van der Waals surface area (Å²) in [6.07, 6.45) is 1.54. The third kappa shape index (κ3) is 3.53. The summed E-state index contributed by atoms with van der Waals surface area (Å²) in [4.78, 5) is 15.9. The number of nitrogens with zero attached hydrogens (tertiary/aromatic N) is 1. The number of aromatic nitrogens is 1. The van der Waals surface area contributed by atoms with Gasteiger partial charge in [0.25, 0.3) is 0 Å². The van der Waals surface area contributed by atoms with Crippen LogP contribution in [0.25, 0.3) is 0 Å². The van der Waals surface area contributed by atoms with Crippen LogP contribution in [0.2, 0.25) is 0 Å². The normalized spacial score (nSPS) is 13.2. The van der Waals surface area contributed by atoms with Crippen LogP contribution in [0, 0.1) is 0 Å².